The van der Waals surface area contributed by atoms with Gasteiger partial charge in [0.15, 0.2) is 0 Å². The normalized spacial score (nSPS) is 11.6. The van der Waals surface area contributed by atoms with Gasteiger partial charge < -0.3 is 5.32 Å². The Kier molecular flexibility index (Phi) is 8.45. The number of nitrogens with one attached hydrogen (secondary N) is 2. The van der Waals surface area contributed by atoms with Crippen LogP contribution in [0.1, 0.15) is 0 Å². The van der Waals surface area contributed by atoms with Gasteiger partial charge in [0.25, 0.3) is 20.0 Å². The minimum atomic E-state index is -4.22. The molecule has 0 atom stereocenters. The number of hydrogen-bond acceptors (Lipinski definition) is 5. The summed E-state index contributed by atoms with van der Waals surface area (Å²) in [6.07, 6.45) is 0. The molecule has 0 aliphatic carbocycles. The summed E-state index contributed by atoms with van der Waals surface area (Å²) in [4.78, 5) is 12.8. The number of carbonyl (C=O) groups is 1. The lowest BCUT2D eigenvalue weighted by Gasteiger charge is -2.25. The van der Waals surface area contributed by atoms with Gasteiger partial charge in [-0.3, -0.25) is 13.8 Å². The first-order valence-electron chi connectivity index (χ1n) is 11.2. The van der Waals surface area contributed by atoms with Crippen molar-refractivity contribution in [3.8, 4) is 0 Å². The molecule has 0 spiro atoms. The van der Waals surface area contributed by atoms with E-state index in [2.05, 4.69) is 10.0 Å². The average molecular weight is 609 g/mol. The lowest BCUT2D eigenvalue weighted by molar-refractivity contribution is -0.114. The second-order valence-corrected chi connectivity index (χ2v) is 12.5. The molecule has 0 fully saturated rings. The Balaban J connectivity index is 1.55. The number of hydrogen-bond donors (Lipinski definition) is 2. The first kappa shape index (κ1) is 28.4. The van der Waals surface area contributed by atoms with Crippen molar-refractivity contribution < 1.29 is 26.0 Å². The van der Waals surface area contributed by atoms with E-state index in [-0.39, 0.29) is 36.9 Å². The zero-order chi connectivity index (χ0) is 28.2. The van der Waals surface area contributed by atoms with Gasteiger partial charge in [0, 0.05) is 16.4 Å². The van der Waals surface area contributed by atoms with Crippen molar-refractivity contribution in [1.82, 2.24) is 0 Å². The van der Waals surface area contributed by atoms with Crippen molar-refractivity contribution in [2.45, 2.75) is 9.79 Å². The zero-order valence-corrected chi connectivity index (χ0v) is 23.0. The third kappa shape index (κ3) is 6.87. The molecule has 0 radical (unpaired) electrons. The molecule has 13 heteroatoms. The Hall–Kier alpha value is -3.64. The molecule has 4 aromatic carbocycles. The second kappa shape index (κ2) is 11.6. The number of sulfonamides is 2. The summed E-state index contributed by atoms with van der Waals surface area (Å²) >= 11 is 12.4. The maximum atomic E-state index is 13.5. The van der Waals surface area contributed by atoms with E-state index in [1.54, 1.807) is 18.2 Å². The zero-order valence-electron chi connectivity index (χ0n) is 19.9. The fourth-order valence-corrected chi connectivity index (χ4v) is 6.42. The van der Waals surface area contributed by atoms with Crippen LogP contribution in [0.2, 0.25) is 10.0 Å². The predicted octanol–water partition coefficient (Wildman–Crippen LogP) is 5.77. The molecule has 4 aromatic rings. The fourth-order valence-electron chi connectivity index (χ4n) is 3.48. The number of halogens is 3. The third-order valence-electron chi connectivity index (χ3n) is 5.34. The molecular formula is C26H20Cl2FN3O5S2. The number of benzene rings is 4. The van der Waals surface area contributed by atoms with Crippen molar-refractivity contribution in [2.75, 3.05) is 20.9 Å². The summed E-state index contributed by atoms with van der Waals surface area (Å²) in [6, 6.07) is 21.8. The number of carbonyl (C=O) groups excluding carboxylic acids is 1. The van der Waals surface area contributed by atoms with Crippen molar-refractivity contribution in [3.63, 3.8) is 0 Å². The Labute approximate surface area is 235 Å². The van der Waals surface area contributed by atoms with Gasteiger partial charge >= 0.3 is 0 Å². The minimum absolute atomic E-state index is 0.0106. The van der Waals surface area contributed by atoms with E-state index in [9.17, 15) is 26.0 Å². The Morgan fingerprint density at radius 2 is 1.38 bits per heavy atom. The molecule has 39 heavy (non-hydrogen) atoms. The third-order valence-corrected chi connectivity index (χ3v) is 9.07. The van der Waals surface area contributed by atoms with E-state index < -0.39 is 38.3 Å². The molecule has 2 N–H and O–H groups in total. The molecule has 0 aromatic heterocycles. The summed E-state index contributed by atoms with van der Waals surface area (Å²) in [5.41, 5.74) is 0.402. The molecule has 4 rings (SSSR count). The molecule has 0 unspecified atom stereocenters. The summed E-state index contributed by atoms with van der Waals surface area (Å²) < 4.78 is 68.5. The summed E-state index contributed by atoms with van der Waals surface area (Å²) in [5.74, 6) is -1.23. The van der Waals surface area contributed by atoms with Gasteiger partial charge in [-0.25, -0.2) is 21.2 Å². The standard InChI is InChI=1S/C26H20Cl2FN3O5S2/c27-18-6-15-24(28)25(16-18)32(39(36,37)23-4-2-1-3-5-23)17-26(33)30-20-11-13-22(14-12-20)38(34,35)31-21-9-7-19(29)8-10-21/h1-16,31H,17H2,(H,30,33). The van der Waals surface area contributed by atoms with E-state index in [0.717, 1.165) is 16.4 Å². The van der Waals surface area contributed by atoms with Gasteiger partial charge in [0.1, 0.15) is 12.4 Å². The van der Waals surface area contributed by atoms with E-state index in [1.807, 2.05) is 0 Å². The van der Waals surface area contributed by atoms with Crippen molar-refractivity contribution in [3.05, 3.63) is 113 Å². The highest BCUT2D eigenvalue weighted by Gasteiger charge is 2.29. The van der Waals surface area contributed by atoms with Crippen LogP contribution < -0.4 is 14.3 Å². The van der Waals surface area contributed by atoms with Crippen molar-refractivity contribution >= 4 is 66.2 Å². The second-order valence-electron chi connectivity index (χ2n) is 8.11. The van der Waals surface area contributed by atoms with Crippen LogP contribution in [0.5, 0.6) is 0 Å². The van der Waals surface area contributed by atoms with Crippen LogP contribution in [-0.2, 0) is 24.8 Å². The maximum absolute atomic E-state index is 13.5. The molecule has 0 saturated carbocycles. The first-order valence-corrected chi connectivity index (χ1v) is 14.8. The summed E-state index contributed by atoms with van der Waals surface area (Å²) in [5, 5.41) is 2.84. The van der Waals surface area contributed by atoms with Crippen molar-refractivity contribution in [1.29, 1.82) is 0 Å². The molecule has 0 heterocycles. The van der Waals surface area contributed by atoms with Crippen LogP contribution in [0.15, 0.2) is 107 Å². The molecule has 202 valence electrons. The largest absolute Gasteiger partial charge is 0.325 e. The van der Waals surface area contributed by atoms with Crippen molar-refractivity contribution in [2.24, 2.45) is 0 Å². The van der Waals surface area contributed by atoms with Crippen LogP contribution >= 0.6 is 23.2 Å². The molecule has 8 nitrogen and oxygen atoms in total. The Morgan fingerprint density at radius 1 is 0.769 bits per heavy atom. The molecular weight excluding hydrogens is 588 g/mol. The monoisotopic (exact) mass is 607 g/mol. The molecule has 0 saturated heterocycles. The van der Waals surface area contributed by atoms with Crippen LogP contribution in [0.25, 0.3) is 0 Å². The molecule has 0 aliphatic rings. The Morgan fingerprint density at radius 3 is 2.03 bits per heavy atom. The average Bonchev–Trinajstić information content (AvgIpc) is 2.91. The number of nitrogens with zero attached hydrogens (tertiary/aromatic N) is 1. The van der Waals surface area contributed by atoms with Gasteiger partial charge in [-0.2, -0.15) is 0 Å². The van der Waals surface area contributed by atoms with Gasteiger partial charge in [0.05, 0.1) is 20.5 Å². The topological polar surface area (TPSA) is 113 Å². The highest BCUT2D eigenvalue weighted by molar-refractivity contribution is 7.93. The number of amides is 1. The van der Waals surface area contributed by atoms with E-state index >= 15 is 0 Å². The number of rotatable bonds is 9. The summed E-state index contributed by atoms with van der Waals surface area (Å²) in [6.45, 7) is -0.649. The fraction of sp³-hybridized carbons (Fsp3) is 0.0385. The van der Waals surface area contributed by atoms with E-state index in [1.165, 1.54) is 66.7 Å². The number of anilines is 3. The minimum Gasteiger partial charge on any atom is -0.325 e. The van der Waals surface area contributed by atoms with Crippen LogP contribution in [0, 0.1) is 5.82 Å². The maximum Gasteiger partial charge on any atom is 0.264 e. The molecule has 0 bridgehead atoms. The summed E-state index contributed by atoms with van der Waals surface area (Å²) in [7, 11) is -8.21. The van der Waals surface area contributed by atoms with Gasteiger partial charge in [-0.15, -0.1) is 0 Å². The van der Waals surface area contributed by atoms with Crippen LogP contribution in [0.4, 0.5) is 21.5 Å². The SMILES string of the molecule is O=C(CN(c1cc(Cl)ccc1Cl)S(=O)(=O)c1ccccc1)Nc1ccc(S(=O)(=O)Nc2ccc(F)cc2)cc1. The smallest absolute Gasteiger partial charge is 0.264 e. The predicted molar refractivity (Wildman–Crippen MR) is 150 cm³/mol. The Bertz CT molecular complexity index is 1700. The lowest BCUT2D eigenvalue weighted by atomic mass is 10.3. The highest BCUT2D eigenvalue weighted by atomic mass is 35.5. The van der Waals surface area contributed by atoms with Gasteiger partial charge in [-0.05, 0) is 78.9 Å². The van der Waals surface area contributed by atoms with E-state index in [0.29, 0.717) is 0 Å². The van der Waals surface area contributed by atoms with Gasteiger partial charge in [0.2, 0.25) is 5.91 Å². The van der Waals surface area contributed by atoms with Crippen LogP contribution in [-0.4, -0.2) is 29.3 Å². The quantitative estimate of drug-likeness (QED) is 0.251. The molecule has 1 amide bonds. The molecule has 0 aliphatic heterocycles. The van der Waals surface area contributed by atoms with Crippen LogP contribution in [0.3, 0.4) is 0 Å². The van der Waals surface area contributed by atoms with Gasteiger partial charge in [-0.1, -0.05) is 41.4 Å². The lowest BCUT2D eigenvalue weighted by Crippen LogP contribution is -2.38. The van der Waals surface area contributed by atoms with E-state index in [4.69, 9.17) is 23.2 Å². The highest BCUT2D eigenvalue weighted by Crippen LogP contribution is 2.33. The first-order chi connectivity index (χ1) is 18.5.